The standard InChI is InChI=1S/C18H22N4O3/c1-13-10-14(22-12-19-11-20-22)6-7-15(13)16(23)21-18(17(24)25)8-4-2-3-5-9-18/h6-7,10-12H,2-5,8-9H2,1H3,(H,21,23)(H,24,25). The van der Waals surface area contributed by atoms with Crippen LogP contribution in [-0.4, -0.2) is 37.3 Å². The number of carboxylic acids is 1. The zero-order valence-electron chi connectivity index (χ0n) is 14.2. The summed E-state index contributed by atoms with van der Waals surface area (Å²) in [5.41, 5.74) is 0.882. The summed E-state index contributed by atoms with van der Waals surface area (Å²) in [5, 5.41) is 16.6. The van der Waals surface area contributed by atoms with E-state index in [-0.39, 0.29) is 5.91 Å². The van der Waals surface area contributed by atoms with Gasteiger partial charge in [-0.1, -0.05) is 25.7 Å². The largest absolute Gasteiger partial charge is 0.480 e. The average Bonchev–Trinajstić information content (AvgIpc) is 3.01. The summed E-state index contributed by atoms with van der Waals surface area (Å²) in [4.78, 5) is 28.5. The molecule has 132 valence electrons. The van der Waals surface area contributed by atoms with Crippen LogP contribution in [0.3, 0.4) is 0 Å². The van der Waals surface area contributed by atoms with Crippen LogP contribution in [0, 0.1) is 6.92 Å². The van der Waals surface area contributed by atoms with Gasteiger partial charge in [0.05, 0.1) is 5.69 Å². The molecule has 0 saturated heterocycles. The van der Waals surface area contributed by atoms with Crippen molar-refractivity contribution in [3.8, 4) is 5.69 Å². The van der Waals surface area contributed by atoms with Crippen molar-refractivity contribution in [3.63, 3.8) is 0 Å². The Morgan fingerprint density at radius 2 is 1.92 bits per heavy atom. The molecular formula is C18H22N4O3. The van der Waals surface area contributed by atoms with E-state index in [4.69, 9.17) is 0 Å². The van der Waals surface area contributed by atoms with Crippen LogP contribution in [0.25, 0.3) is 5.69 Å². The third-order valence-corrected chi connectivity index (χ3v) is 4.86. The van der Waals surface area contributed by atoms with Gasteiger partial charge in [-0.3, -0.25) is 4.79 Å². The second kappa shape index (κ2) is 7.04. The molecule has 0 radical (unpaired) electrons. The molecule has 1 aromatic carbocycles. The number of amides is 1. The number of hydrogen-bond donors (Lipinski definition) is 2. The molecule has 0 spiro atoms. The molecule has 2 N–H and O–H groups in total. The Morgan fingerprint density at radius 1 is 1.20 bits per heavy atom. The van der Waals surface area contributed by atoms with Gasteiger partial charge in [0, 0.05) is 5.56 Å². The van der Waals surface area contributed by atoms with E-state index in [0.29, 0.717) is 18.4 Å². The molecule has 0 bridgehead atoms. The van der Waals surface area contributed by atoms with Gasteiger partial charge in [0.1, 0.15) is 18.2 Å². The van der Waals surface area contributed by atoms with Gasteiger partial charge in [-0.15, -0.1) is 0 Å². The molecule has 1 amide bonds. The lowest BCUT2D eigenvalue weighted by atomic mass is 9.89. The molecule has 1 aliphatic carbocycles. The summed E-state index contributed by atoms with van der Waals surface area (Å²) >= 11 is 0. The number of nitrogens with one attached hydrogen (secondary N) is 1. The van der Waals surface area contributed by atoms with Crippen LogP contribution in [0.15, 0.2) is 30.9 Å². The highest BCUT2D eigenvalue weighted by molar-refractivity contribution is 5.99. The van der Waals surface area contributed by atoms with Crippen LogP contribution in [-0.2, 0) is 4.79 Å². The van der Waals surface area contributed by atoms with Crippen molar-refractivity contribution < 1.29 is 14.7 Å². The van der Waals surface area contributed by atoms with E-state index in [0.717, 1.165) is 36.9 Å². The first kappa shape index (κ1) is 17.1. The van der Waals surface area contributed by atoms with Crippen molar-refractivity contribution in [3.05, 3.63) is 42.0 Å². The first-order valence-corrected chi connectivity index (χ1v) is 8.53. The second-order valence-electron chi connectivity index (χ2n) is 6.59. The lowest BCUT2D eigenvalue weighted by Gasteiger charge is -2.29. The summed E-state index contributed by atoms with van der Waals surface area (Å²) in [6.07, 6.45) is 7.63. The molecule has 1 fully saturated rings. The van der Waals surface area contributed by atoms with Gasteiger partial charge in [0.15, 0.2) is 0 Å². The van der Waals surface area contributed by atoms with Crippen molar-refractivity contribution in [1.29, 1.82) is 0 Å². The molecule has 25 heavy (non-hydrogen) atoms. The molecule has 0 unspecified atom stereocenters. The first-order valence-electron chi connectivity index (χ1n) is 8.53. The molecule has 0 aliphatic heterocycles. The van der Waals surface area contributed by atoms with E-state index in [9.17, 15) is 14.7 Å². The summed E-state index contributed by atoms with van der Waals surface area (Å²) in [6.45, 7) is 1.83. The summed E-state index contributed by atoms with van der Waals surface area (Å²) < 4.78 is 1.61. The van der Waals surface area contributed by atoms with E-state index in [1.807, 2.05) is 13.0 Å². The fourth-order valence-electron chi connectivity index (χ4n) is 3.40. The van der Waals surface area contributed by atoms with Crippen molar-refractivity contribution >= 4 is 11.9 Å². The Balaban J connectivity index is 1.83. The topological polar surface area (TPSA) is 97.1 Å². The van der Waals surface area contributed by atoms with E-state index >= 15 is 0 Å². The van der Waals surface area contributed by atoms with Crippen LogP contribution in [0.5, 0.6) is 0 Å². The predicted molar refractivity (Wildman–Crippen MR) is 91.6 cm³/mol. The molecule has 1 saturated carbocycles. The molecule has 1 aliphatic rings. The number of carbonyl (C=O) groups is 2. The zero-order valence-corrected chi connectivity index (χ0v) is 14.2. The fourth-order valence-corrected chi connectivity index (χ4v) is 3.40. The van der Waals surface area contributed by atoms with Gasteiger partial charge in [0.25, 0.3) is 5.91 Å². The highest BCUT2D eigenvalue weighted by Gasteiger charge is 2.40. The van der Waals surface area contributed by atoms with Crippen LogP contribution in [0.4, 0.5) is 0 Å². The monoisotopic (exact) mass is 342 g/mol. The zero-order chi connectivity index (χ0) is 17.9. The maximum atomic E-state index is 12.7. The highest BCUT2D eigenvalue weighted by atomic mass is 16.4. The SMILES string of the molecule is Cc1cc(-n2cncn2)ccc1C(=O)NC1(C(=O)O)CCCCCC1. The summed E-state index contributed by atoms with van der Waals surface area (Å²) in [5.74, 6) is -1.29. The van der Waals surface area contributed by atoms with Crippen LogP contribution in [0.2, 0.25) is 0 Å². The van der Waals surface area contributed by atoms with Gasteiger partial charge >= 0.3 is 5.97 Å². The van der Waals surface area contributed by atoms with Crippen molar-refractivity contribution in [2.45, 2.75) is 51.0 Å². The minimum atomic E-state index is -1.16. The minimum absolute atomic E-state index is 0.341. The molecule has 7 nitrogen and oxygen atoms in total. The van der Waals surface area contributed by atoms with E-state index in [1.54, 1.807) is 23.1 Å². The van der Waals surface area contributed by atoms with Crippen molar-refractivity contribution in [2.75, 3.05) is 0 Å². The smallest absolute Gasteiger partial charge is 0.329 e. The van der Waals surface area contributed by atoms with E-state index in [1.165, 1.54) is 6.33 Å². The number of carboxylic acid groups (broad SMARTS) is 1. The minimum Gasteiger partial charge on any atom is -0.480 e. The molecule has 7 heteroatoms. The summed E-state index contributed by atoms with van der Waals surface area (Å²) in [7, 11) is 0. The Bertz CT molecular complexity index is 763. The molecule has 0 atom stereocenters. The van der Waals surface area contributed by atoms with Crippen LogP contribution >= 0.6 is 0 Å². The lowest BCUT2D eigenvalue weighted by Crippen LogP contribution is -2.54. The molecule has 2 aromatic rings. The third-order valence-electron chi connectivity index (χ3n) is 4.86. The Labute approximate surface area is 146 Å². The molecule has 3 rings (SSSR count). The number of aromatic nitrogens is 3. The normalized spacial score (nSPS) is 16.8. The lowest BCUT2D eigenvalue weighted by molar-refractivity contribution is -0.145. The molecule has 1 heterocycles. The van der Waals surface area contributed by atoms with Gasteiger partial charge in [-0.2, -0.15) is 5.10 Å². The Kier molecular flexibility index (Phi) is 4.83. The molecule has 1 aromatic heterocycles. The summed E-state index contributed by atoms with van der Waals surface area (Å²) in [6, 6.07) is 5.31. The third kappa shape index (κ3) is 3.55. The van der Waals surface area contributed by atoms with Gasteiger partial charge in [-0.05, 0) is 43.5 Å². The molecular weight excluding hydrogens is 320 g/mol. The van der Waals surface area contributed by atoms with Crippen molar-refractivity contribution in [2.24, 2.45) is 0 Å². The number of aryl methyl sites for hydroxylation is 1. The predicted octanol–water partition coefficient (Wildman–Crippen LogP) is 2.48. The highest BCUT2D eigenvalue weighted by Crippen LogP contribution is 2.28. The average molecular weight is 342 g/mol. The number of hydrogen-bond acceptors (Lipinski definition) is 4. The fraction of sp³-hybridized carbons (Fsp3) is 0.444. The van der Waals surface area contributed by atoms with Crippen molar-refractivity contribution in [1.82, 2.24) is 20.1 Å². The first-order chi connectivity index (χ1) is 12.0. The maximum Gasteiger partial charge on any atom is 0.329 e. The second-order valence-corrected chi connectivity index (χ2v) is 6.59. The number of carbonyl (C=O) groups excluding carboxylic acids is 1. The number of benzene rings is 1. The number of rotatable bonds is 4. The maximum absolute atomic E-state index is 12.7. The van der Waals surface area contributed by atoms with Crippen LogP contribution < -0.4 is 5.32 Å². The number of nitrogens with zero attached hydrogens (tertiary/aromatic N) is 3. The van der Waals surface area contributed by atoms with Gasteiger partial charge in [0.2, 0.25) is 0 Å². The van der Waals surface area contributed by atoms with E-state index < -0.39 is 11.5 Å². The van der Waals surface area contributed by atoms with Gasteiger partial charge < -0.3 is 10.4 Å². The Hall–Kier alpha value is -2.70. The number of aliphatic carboxylic acids is 1. The van der Waals surface area contributed by atoms with Crippen LogP contribution in [0.1, 0.15) is 54.4 Å². The van der Waals surface area contributed by atoms with E-state index in [2.05, 4.69) is 15.4 Å². The van der Waals surface area contributed by atoms with Gasteiger partial charge in [-0.25, -0.2) is 14.5 Å². The quantitative estimate of drug-likeness (QED) is 0.832. The Morgan fingerprint density at radius 3 is 2.48 bits per heavy atom.